The molecule has 0 rings (SSSR count). The second-order valence-electron chi connectivity index (χ2n) is 15.1. The average molecular weight is 693 g/mol. The Balaban J connectivity index is 5.91. The van der Waals surface area contributed by atoms with Crippen LogP contribution >= 0.6 is 0 Å². The Morgan fingerprint density at radius 3 is 1.92 bits per heavy atom. The topological polar surface area (TPSA) is 148 Å². The van der Waals surface area contributed by atoms with Crippen LogP contribution in [0.4, 0.5) is 0 Å². The van der Waals surface area contributed by atoms with E-state index in [2.05, 4.69) is 39.9 Å². The summed E-state index contributed by atoms with van der Waals surface area (Å²) in [4.78, 5) is 82.8. The quantitative estimate of drug-likeness (QED) is 0.0794. The fourth-order valence-electron chi connectivity index (χ4n) is 5.39. The Hall–Kier alpha value is -3.12. The minimum Gasteiger partial charge on any atom is -0.343 e. The smallest absolute Gasteiger partial charge is 0.245 e. The minimum absolute atomic E-state index is 0.0301. The van der Waals surface area contributed by atoms with Crippen molar-refractivity contribution < 1.29 is 28.8 Å². The molecule has 0 bridgehead atoms. The number of carbonyl (C=O) groups excluding carboxylic acids is 6. The third-order valence-corrected chi connectivity index (χ3v) is 9.16. The normalized spacial score (nSPS) is 16.2. The van der Waals surface area contributed by atoms with Gasteiger partial charge in [0.15, 0.2) is 11.9 Å². The van der Waals surface area contributed by atoms with Crippen LogP contribution in [0.2, 0.25) is 0 Å². The molecule has 12 nitrogen and oxygen atoms in total. The molecule has 0 aliphatic carbocycles. The van der Waals surface area contributed by atoms with Gasteiger partial charge in [0, 0.05) is 33.0 Å². The van der Waals surface area contributed by atoms with E-state index in [4.69, 9.17) is 0 Å². The third kappa shape index (κ3) is 16.0. The van der Waals surface area contributed by atoms with Crippen molar-refractivity contribution in [1.82, 2.24) is 30.7 Å². The molecule has 282 valence electrons. The van der Waals surface area contributed by atoms with Crippen LogP contribution in [0, 0.1) is 29.6 Å². The van der Waals surface area contributed by atoms with Crippen molar-refractivity contribution in [2.45, 2.75) is 118 Å². The molecule has 6 atom stereocenters. The zero-order chi connectivity index (χ0) is 38.1. The van der Waals surface area contributed by atoms with Crippen LogP contribution in [-0.2, 0) is 28.8 Å². The van der Waals surface area contributed by atoms with Crippen molar-refractivity contribution in [3.05, 3.63) is 12.2 Å². The van der Waals surface area contributed by atoms with E-state index in [1.807, 2.05) is 62.6 Å². The molecular formula is C37H68N6O6. The zero-order valence-corrected chi connectivity index (χ0v) is 32.7. The molecule has 0 fully saturated rings. The fraction of sp³-hybridized carbons (Fsp3) is 0.784. The van der Waals surface area contributed by atoms with Gasteiger partial charge in [0.05, 0.1) is 12.6 Å². The predicted octanol–water partition coefficient (Wildman–Crippen LogP) is 3.25. The standard InChI is InChI=1S/C37H68N6O6/c1-14-30(36(49)42(12)22-33(46)40-37(24-45,29(9)26(4)5)39-31(23-44)27(6)7)38-35(48)32(43(13)34(47)21-25(2)3)19-18-28(8)17-15-16-20-41(10)11/h15-16,23-32,39H,14,17-22H2,1-13H3,(H,38,48)(H,40,46). The summed E-state index contributed by atoms with van der Waals surface area (Å²) in [6, 6.07) is -2.39. The van der Waals surface area contributed by atoms with Gasteiger partial charge >= 0.3 is 0 Å². The van der Waals surface area contributed by atoms with Gasteiger partial charge in [-0.1, -0.05) is 74.5 Å². The van der Waals surface area contributed by atoms with Crippen LogP contribution in [0.3, 0.4) is 0 Å². The van der Waals surface area contributed by atoms with Gasteiger partial charge in [-0.2, -0.15) is 0 Å². The van der Waals surface area contributed by atoms with E-state index >= 15 is 0 Å². The van der Waals surface area contributed by atoms with Crippen LogP contribution in [0.1, 0.15) is 94.4 Å². The summed E-state index contributed by atoms with van der Waals surface area (Å²) in [6.07, 6.45) is 8.13. The molecule has 0 radical (unpaired) electrons. The maximum Gasteiger partial charge on any atom is 0.245 e. The molecule has 6 unspecified atom stereocenters. The molecule has 0 aliphatic rings. The molecule has 0 spiro atoms. The summed E-state index contributed by atoms with van der Waals surface area (Å²) in [7, 11) is 7.11. The Bertz CT molecular complexity index is 1090. The largest absolute Gasteiger partial charge is 0.343 e. The Morgan fingerprint density at radius 1 is 0.837 bits per heavy atom. The Kier molecular flexibility index (Phi) is 21.1. The molecule has 0 heterocycles. The first kappa shape index (κ1) is 45.9. The molecule has 0 saturated heterocycles. The van der Waals surface area contributed by atoms with Crippen molar-refractivity contribution in [2.24, 2.45) is 29.6 Å². The summed E-state index contributed by atoms with van der Waals surface area (Å²) in [5, 5.41) is 8.68. The number of likely N-dealkylation sites (N-methyl/N-ethyl adjacent to an activating group) is 3. The first-order valence-electron chi connectivity index (χ1n) is 17.9. The Morgan fingerprint density at radius 2 is 1.45 bits per heavy atom. The monoisotopic (exact) mass is 693 g/mol. The second kappa shape index (κ2) is 22.6. The van der Waals surface area contributed by atoms with Crippen LogP contribution < -0.4 is 16.0 Å². The van der Waals surface area contributed by atoms with Gasteiger partial charge in [0.1, 0.15) is 18.4 Å². The highest BCUT2D eigenvalue weighted by Crippen LogP contribution is 2.23. The number of aldehydes is 2. The summed E-state index contributed by atoms with van der Waals surface area (Å²) in [6.45, 7) is 17.6. The SMILES string of the molecule is CCC(NC(=O)C(CCC(C)CC=CCN(C)C)N(C)C(=O)CC(C)C)C(=O)N(C)CC(=O)NC(C=O)(NC(C=O)C(C)C)C(C)C(C)C. The lowest BCUT2D eigenvalue weighted by atomic mass is 9.84. The molecule has 3 N–H and O–H groups in total. The van der Waals surface area contributed by atoms with Gasteiger partial charge in [0.2, 0.25) is 23.6 Å². The molecule has 49 heavy (non-hydrogen) atoms. The molecule has 0 aromatic heterocycles. The Labute approximate surface area is 296 Å². The van der Waals surface area contributed by atoms with Crippen molar-refractivity contribution in [2.75, 3.05) is 41.3 Å². The molecule has 12 heteroatoms. The number of allylic oxidation sites excluding steroid dienone is 1. The minimum atomic E-state index is -1.54. The van der Waals surface area contributed by atoms with E-state index in [1.165, 1.54) is 16.8 Å². The van der Waals surface area contributed by atoms with Crippen LogP contribution in [0.5, 0.6) is 0 Å². The maximum absolute atomic E-state index is 13.7. The molecule has 4 amide bonds. The van der Waals surface area contributed by atoms with Crippen LogP contribution in [0.25, 0.3) is 0 Å². The highest BCUT2D eigenvalue weighted by atomic mass is 16.2. The van der Waals surface area contributed by atoms with Crippen molar-refractivity contribution in [3.63, 3.8) is 0 Å². The van der Waals surface area contributed by atoms with E-state index in [9.17, 15) is 28.8 Å². The van der Waals surface area contributed by atoms with Crippen molar-refractivity contribution >= 4 is 36.2 Å². The summed E-state index contributed by atoms with van der Waals surface area (Å²) >= 11 is 0. The van der Waals surface area contributed by atoms with E-state index in [0.29, 0.717) is 25.5 Å². The number of hydrogen-bond acceptors (Lipinski definition) is 8. The highest BCUT2D eigenvalue weighted by molar-refractivity contribution is 5.93. The maximum atomic E-state index is 13.7. The molecule has 0 aromatic rings. The van der Waals surface area contributed by atoms with Crippen LogP contribution in [-0.4, -0.2) is 116 Å². The lowest BCUT2D eigenvalue weighted by Gasteiger charge is -2.41. The van der Waals surface area contributed by atoms with E-state index in [0.717, 1.165) is 19.3 Å². The van der Waals surface area contributed by atoms with E-state index < -0.39 is 41.5 Å². The fourth-order valence-corrected chi connectivity index (χ4v) is 5.39. The number of carbonyl (C=O) groups is 6. The zero-order valence-electron chi connectivity index (χ0n) is 32.7. The first-order valence-corrected chi connectivity index (χ1v) is 17.9. The number of nitrogens with one attached hydrogen (secondary N) is 3. The van der Waals surface area contributed by atoms with Crippen LogP contribution in [0.15, 0.2) is 12.2 Å². The summed E-state index contributed by atoms with van der Waals surface area (Å²) in [5.41, 5.74) is -1.54. The molecule has 0 saturated carbocycles. The van der Waals surface area contributed by atoms with E-state index in [-0.39, 0.29) is 48.5 Å². The molecular weight excluding hydrogens is 624 g/mol. The number of nitrogens with zero attached hydrogens (tertiary/aromatic N) is 3. The van der Waals surface area contributed by atoms with Gasteiger partial charge in [-0.15, -0.1) is 0 Å². The van der Waals surface area contributed by atoms with Gasteiger partial charge in [0.25, 0.3) is 0 Å². The first-order chi connectivity index (χ1) is 22.8. The highest BCUT2D eigenvalue weighted by Gasteiger charge is 2.42. The third-order valence-electron chi connectivity index (χ3n) is 9.16. The van der Waals surface area contributed by atoms with Gasteiger partial charge in [-0.3, -0.25) is 29.3 Å². The van der Waals surface area contributed by atoms with E-state index in [1.54, 1.807) is 14.0 Å². The molecule has 0 aromatic carbocycles. The summed E-state index contributed by atoms with van der Waals surface area (Å²) < 4.78 is 0. The number of rotatable bonds is 24. The van der Waals surface area contributed by atoms with Crippen molar-refractivity contribution in [3.8, 4) is 0 Å². The van der Waals surface area contributed by atoms with Gasteiger partial charge in [-0.05, 0) is 63.5 Å². The van der Waals surface area contributed by atoms with Crippen molar-refractivity contribution in [1.29, 1.82) is 0 Å². The number of amides is 4. The predicted molar refractivity (Wildman–Crippen MR) is 195 cm³/mol. The second-order valence-corrected chi connectivity index (χ2v) is 15.1. The lowest BCUT2D eigenvalue weighted by Crippen LogP contribution is -2.69. The van der Waals surface area contributed by atoms with Gasteiger partial charge in [-0.25, -0.2) is 0 Å². The lowest BCUT2D eigenvalue weighted by molar-refractivity contribution is -0.143. The molecule has 0 aliphatic heterocycles. The summed E-state index contributed by atoms with van der Waals surface area (Å²) in [5.74, 6) is -1.78. The van der Waals surface area contributed by atoms with Gasteiger partial charge < -0.3 is 30.1 Å². The average Bonchev–Trinajstić information content (AvgIpc) is 3.02. The number of hydrogen-bond donors (Lipinski definition) is 3.